The summed E-state index contributed by atoms with van der Waals surface area (Å²) in [5.74, 6) is 2.23. The molecule has 4 rings (SSSR count). The molecule has 1 N–H and O–H groups in total. The lowest BCUT2D eigenvalue weighted by molar-refractivity contribution is 0.0951. The zero-order valence-electron chi connectivity index (χ0n) is 16.6. The Morgan fingerprint density at radius 1 is 1.11 bits per heavy atom. The monoisotopic (exact) mass is 364 g/mol. The van der Waals surface area contributed by atoms with Crippen LogP contribution in [0.3, 0.4) is 0 Å². The number of likely N-dealkylation sites (tertiary alicyclic amines) is 1. The number of fused-ring (bicyclic) bond motifs is 3. The number of likely N-dealkylation sites (N-methyl/N-ethyl adjacent to an activating group) is 1. The maximum atomic E-state index is 12.8. The normalized spacial score (nSPS) is 22.2. The predicted octanol–water partition coefficient (Wildman–Crippen LogP) is 3.87. The van der Waals surface area contributed by atoms with Gasteiger partial charge in [0.2, 0.25) is 0 Å². The molecule has 2 aromatic rings. The fourth-order valence-electron chi connectivity index (χ4n) is 4.52. The molecule has 2 aliphatic heterocycles. The second kappa shape index (κ2) is 7.01. The Morgan fingerprint density at radius 2 is 1.93 bits per heavy atom. The number of benzene rings is 2. The van der Waals surface area contributed by atoms with E-state index in [-0.39, 0.29) is 5.91 Å². The third-order valence-corrected chi connectivity index (χ3v) is 6.05. The first-order valence-electron chi connectivity index (χ1n) is 9.77. The first-order valence-corrected chi connectivity index (χ1v) is 9.77. The molecule has 142 valence electrons. The van der Waals surface area contributed by atoms with Gasteiger partial charge in [0.25, 0.3) is 5.91 Å². The lowest BCUT2D eigenvalue weighted by Gasteiger charge is -2.18. The van der Waals surface area contributed by atoms with Crippen LogP contribution in [0.2, 0.25) is 0 Å². The van der Waals surface area contributed by atoms with E-state index in [0.717, 1.165) is 42.1 Å². The molecule has 4 heteroatoms. The standard InChI is InChI=1S/C23H28N2O2/c1-14(2)15-6-8-22(27-4)19(9-15)16-5-7-18-20(10-16)23(26)24-11-17-12-25(3)13-21(17)18/h5-10,14,17,21H,11-13H2,1-4H3,(H,24,26)/t17-,21-/m0/s1. The third kappa shape index (κ3) is 3.23. The number of methoxy groups -OCH3 is 1. The summed E-state index contributed by atoms with van der Waals surface area (Å²) >= 11 is 0. The van der Waals surface area contributed by atoms with Crippen LogP contribution in [0, 0.1) is 5.92 Å². The summed E-state index contributed by atoms with van der Waals surface area (Å²) in [7, 11) is 3.86. The lowest BCUT2D eigenvalue weighted by Crippen LogP contribution is -2.29. The smallest absolute Gasteiger partial charge is 0.251 e. The van der Waals surface area contributed by atoms with Crippen molar-refractivity contribution in [3.05, 3.63) is 53.1 Å². The van der Waals surface area contributed by atoms with E-state index in [4.69, 9.17) is 4.74 Å². The van der Waals surface area contributed by atoms with E-state index in [1.165, 1.54) is 11.1 Å². The highest BCUT2D eigenvalue weighted by atomic mass is 16.5. The summed E-state index contributed by atoms with van der Waals surface area (Å²) < 4.78 is 5.61. The highest BCUT2D eigenvalue weighted by molar-refractivity contribution is 5.98. The van der Waals surface area contributed by atoms with Gasteiger partial charge in [-0.15, -0.1) is 0 Å². The van der Waals surface area contributed by atoms with Crippen LogP contribution in [-0.2, 0) is 0 Å². The van der Waals surface area contributed by atoms with Crippen molar-refractivity contribution in [2.24, 2.45) is 5.92 Å². The molecule has 27 heavy (non-hydrogen) atoms. The fourth-order valence-corrected chi connectivity index (χ4v) is 4.52. The molecule has 0 saturated carbocycles. The molecule has 0 unspecified atom stereocenters. The Bertz CT molecular complexity index is 875. The molecule has 0 bridgehead atoms. The lowest BCUT2D eigenvalue weighted by atomic mass is 9.85. The quantitative estimate of drug-likeness (QED) is 0.899. The van der Waals surface area contributed by atoms with Crippen LogP contribution in [-0.4, -0.2) is 44.6 Å². The molecule has 0 aromatic heterocycles. The van der Waals surface area contributed by atoms with Gasteiger partial charge in [-0.05, 0) is 53.8 Å². The van der Waals surface area contributed by atoms with E-state index in [0.29, 0.717) is 17.8 Å². The second-order valence-corrected chi connectivity index (χ2v) is 8.21. The van der Waals surface area contributed by atoms with Crippen LogP contribution in [0.1, 0.15) is 47.2 Å². The van der Waals surface area contributed by atoms with E-state index in [1.807, 2.05) is 12.1 Å². The Balaban J connectivity index is 1.81. The Labute approximate surface area is 161 Å². The van der Waals surface area contributed by atoms with Crippen molar-refractivity contribution in [1.29, 1.82) is 0 Å². The van der Waals surface area contributed by atoms with Crippen LogP contribution in [0.25, 0.3) is 11.1 Å². The summed E-state index contributed by atoms with van der Waals surface area (Å²) in [5.41, 5.74) is 5.34. The molecule has 2 aliphatic rings. The summed E-state index contributed by atoms with van der Waals surface area (Å²) in [6, 6.07) is 12.7. The van der Waals surface area contributed by atoms with Crippen molar-refractivity contribution < 1.29 is 9.53 Å². The molecular formula is C23H28N2O2. The van der Waals surface area contributed by atoms with Crippen molar-refractivity contribution >= 4 is 5.91 Å². The minimum absolute atomic E-state index is 0.0443. The highest BCUT2D eigenvalue weighted by Crippen LogP contribution is 2.39. The number of ether oxygens (including phenoxy) is 1. The molecule has 2 aromatic carbocycles. The van der Waals surface area contributed by atoms with E-state index in [9.17, 15) is 4.79 Å². The maximum absolute atomic E-state index is 12.8. The SMILES string of the molecule is COc1ccc(C(C)C)cc1-c1ccc2c(c1)C(=O)NC[C@H]1CN(C)C[C@H]21. The third-order valence-electron chi connectivity index (χ3n) is 6.05. The summed E-state index contributed by atoms with van der Waals surface area (Å²) in [6.07, 6.45) is 0. The van der Waals surface area contributed by atoms with Gasteiger partial charge in [-0.3, -0.25) is 4.79 Å². The number of amides is 1. The molecule has 0 spiro atoms. The number of hydrogen-bond donors (Lipinski definition) is 1. The molecule has 0 radical (unpaired) electrons. The van der Waals surface area contributed by atoms with Gasteiger partial charge in [-0.1, -0.05) is 32.0 Å². The van der Waals surface area contributed by atoms with Crippen molar-refractivity contribution in [3.63, 3.8) is 0 Å². The molecule has 0 aliphatic carbocycles. The van der Waals surface area contributed by atoms with Gasteiger partial charge in [0.15, 0.2) is 0 Å². The number of hydrogen-bond acceptors (Lipinski definition) is 3. The van der Waals surface area contributed by atoms with E-state index >= 15 is 0 Å². The van der Waals surface area contributed by atoms with Gasteiger partial charge in [-0.25, -0.2) is 0 Å². The molecule has 1 fully saturated rings. The van der Waals surface area contributed by atoms with Gasteiger partial charge >= 0.3 is 0 Å². The molecule has 1 amide bonds. The average Bonchev–Trinajstić information content (AvgIpc) is 2.99. The fraction of sp³-hybridized carbons (Fsp3) is 0.435. The zero-order valence-corrected chi connectivity index (χ0v) is 16.6. The van der Waals surface area contributed by atoms with E-state index < -0.39 is 0 Å². The van der Waals surface area contributed by atoms with Gasteiger partial charge in [-0.2, -0.15) is 0 Å². The topological polar surface area (TPSA) is 41.6 Å². The van der Waals surface area contributed by atoms with E-state index in [1.54, 1.807) is 7.11 Å². The number of nitrogens with one attached hydrogen (secondary N) is 1. The van der Waals surface area contributed by atoms with Crippen molar-refractivity contribution in [3.8, 4) is 16.9 Å². The van der Waals surface area contributed by atoms with Crippen LogP contribution < -0.4 is 10.1 Å². The number of carbonyl (C=O) groups is 1. The Morgan fingerprint density at radius 3 is 2.67 bits per heavy atom. The largest absolute Gasteiger partial charge is 0.496 e. The van der Waals surface area contributed by atoms with Gasteiger partial charge < -0.3 is 15.0 Å². The van der Waals surface area contributed by atoms with Gasteiger partial charge in [0.05, 0.1) is 7.11 Å². The van der Waals surface area contributed by atoms with Crippen LogP contribution in [0.15, 0.2) is 36.4 Å². The number of carbonyl (C=O) groups excluding carboxylic acids is 1. The van der Waals surface area contributed by atoms with Crippen molar-refractivity contribution in [2.75, 3.05) is 33.8 Å². The molecule has 1 saturated heterocycles. The minimum atomic E-state index is 0.0443. The Kier molecular flexibility index (Phi) is 4.68. The maximum Gasteiger partial charge on any atom is 0.251 e. The minimum Gasteiger partial charge on any atom is -0.496 e. The van der Waals surface area contributed by atoms with Crippen LogP contribution in [0.4, 0.5) is 0 Å². The Hall–Kier alpha value is -2.33. The molecule has 2 heterocycles. The summed E-state index contributed by atoms with van der Waals surface area (Å²) in [5, 5.41) is 3.13. The molecule has 4 nitrogen and oxygen atoms in total. The number of nitrogens with zero attached hydrogens (tertiary/aromatic N) is 1. The van der Waals surface area contributed by atoms with Gasteiger partial charge in [0.1, 0.15) is 5.75 Å². The number of rotatable bonds is 3. The highest BCUT2D eigenvalue weighted by Gasteiger charge is 2.36. The second-order valence-electron chi connectivity index (χ2n) is 8.21. The predicted molar refractivity (Wildman–Crippen MR) is 109 cm³/mol. The van der Waals surface area contributed by atoms with Crippen molar-refractivity contribution in [1.82, 2.24) is 10.2 Å². The summed E-state index contributed by atoms with van der Waals surface area (Å²) in [6.45, 7) is 7.18. The van der Waals surface area contributed by atoms with E-state index in [2.05, 4.69) is 55.4 Å². The summed E-state index contributed by atoms with van der Waals surface area (Å²) in [4.78, 5) is 15.1. The molecule has 2 atom stereocenters. The first kappa shape index (κ1) is 18.1. The van der Waals surface area contributed by atoms with Crippen LogP contribution >= 0.6 is 0 Å². The molecular weight excluding hydrogens is 336 g/mol. The average molecular weight is 364 g/mol. The van der Waals surface area contributed by atoms with Gasteiger partial charge in [0, 0.05) is 36.7 Å². The van der Waals surface area contributed by atoms with Crippen LogP contribution in [0.5, 0.6) is 5.75 Å². The first-order chi connectivity index (χ1) is 13.0. The zero-order chi connectivity index (χ0) is 19.1. The van der Waals surface area contributed by atoms with Crippen molar-refractivity contribution in [2.45, 2.75) is 25.7 Å².